The number of anilines is 1. The summed E-state index contributed by atoms with van der Waals surface area (Å²) in [5.41, 5.74) is 2.46. The van der Waals surface area contributed by atoms with Gasteiger partial charge in [0.15, 0.2) is 11.5 Å². The molecule has 3 aromatic carbocycles. The molecule has 0 bridgehead atoms. The first-order valence-corrected chi connectivity index (χ1v) is 12.4. The fourth-order valence-electron chi connectivity index (χ4n) is 3.75. The number of rotatable bonds is 8. The Morgan fingerprint density at radius 2 is 1.62 bits per heavy atom. The number of nitrogens with one attached hydrogen (secondary N) is 1. The van der Waals surface area contributed by atoms with Crippen molar-refractivity contribution in [2.75, 3.05) is 11.5 Å². The van der Waals surface area contributed by atoms with Gasteiger partial charge in [-0.15, -0.1) is 0 Å². The minimum absolute atomic E-state index is 0.175. The van der Waals surface area contributed by atoms with E-state index in [2.05, 4.69) is 21.2 Å². The fraction of sp³-hybridized carbons (Fsp3) is 0.179. The Balaban J connectivity index is 1.64. The molecular weight excluding hydrogens is 543 g/mol. The smallest absolute Gasteiger partial charge is 0.335 e. The molecule has 1 saturated heterocycles. The maximum Gasteiger partial charge on any atom is 0.335 e. The van der Waals surface area contributed by atoms with Crippen molar-refractivity contribution in [2.45, 2.75) is 26.9 Å². The predicted molar refractivity (Wildman–Crippen MR) is 141 cm³/mol. The van der Waals surface area contributed by atoms with E-state index in [1.54, 1.807) is 36.4 Å². The summed E-state index contributed by atoms with van der Waals surface area (Å²) in [7, 11) is 0. The maximum absolute atomic E-state index is 13.2. The molecule has 1 aliphatic rings. The van der Waals surface area contributed by atoms with E-state index in [-0.39, 0.29) is 18.0 Å². The number of imide groups is 2. The lowest BCUT2D eigenvalue weighted by molar-refractivity contribution is -0.122. The maximum atomic E-state index is 13.2. The normalized spacial score (nSPS) is 14.6. The van der Waals surface area contributed by atoms with Gasteiger partial charge in [0, 0.05) is 0 Å². The molecule has 4 amide bonds. The van der Waals surface area contributed by atoms with Crippen LogP contribution in [0, 0.1) is 5.82 Å². The largest absolute Gasteiger partial charge is 0.490 e. The van der Waals surface area contributed by atoms with Crippen LogP contribution in [0.3, 0.4) is 0 Å². The molecule has 1 aliphatic heterocycles. The number of amides is 4. The van der Waals surface area contributed by atoms with Crippen LogP contribution in [-0.2, 0) is 22.6 Å². The number of hydrogen-bond acceptors (Lipinski definition) is 5. The molecule has 3 aromatic rings. The van der Waals surface area contributed by atoms with Gasteiger partial charge in [-0.25, -0.2) is 14.1 Å². The van der Waals surface area contributed by atoms with Crippen molar-refractivity contribution >= 4 is 45.5 Å². The Bertz CT molecular complexity index is 1370. The summed E-state index contributed by atoms with van der Waals surface area (Å²) in [5, 5.41) is 2.23. The van der Waals surface area contributed by atoms with E-state index in [0.29, 0.717) is 33.8 Å². The van der Waals surface area contributed by atoms with E-state index in [1.165, 1.54) is 18.2 Å². The van der Waals surface area contributed by atoms with Crippen LogP contribution in [-0.4, -0.2) is 24.5 Å². The molecule has 1 fully saturated rings. The minimum Gasteiger partial charge on any atom is -0.490 e. The third-order valence-electron chi connectivity index (χ3n) is 5.64. The molecule has 0 unspecified atom stereocenters. The summed E-state index contributed by atoms with van der Waals surface area (Å²) in [4.78, 5) is 39.3. The van der Waals surface area contributed by atoms with E-state index in [9.17, 15) is 18.8 Å². The second kappa shape index (κ2) is 11.4. The van der Waals surface area contributed by atoms with Crippen LogP contribution >= 0.6 is 15.9 Å². The fourth-order valence-corrected chi connectivity index (χ4v) is 4.32. The van der Waals surface area contributed by atoms with Crippen LogP contribution in [0.15, 0.2) is 70.7 Å². The highest BCUT2D eigenvalue weighted by Gasteiger charge is 2.36. The first-order valence-electron chi connectivity index (χ1n) is 11.6. The Labute approximate surface area is 222 Å². The van der Waals surface area contributed by atoms with Crippen LogP contribution in [0.25, 0.3) is 6.08 Å². The molecule has 190 valence electrons. The molecule has 4 rings (SSSR count). The Morgan fingerprint density at radius 1 is 0.946 bits per heavy atom. The number of benzene rings is 3. The molecule has 37 heavy (non-hydrogen) atoms. The monoisotopic (exact) mass is 566 g/mol. The lowest BCUT2D eigenvalue weighted by Crippen LogP contribution is -2.54. The molecule has 0 aliphatic carbocycles. The highest BCUT2D eigenvalue weighted by molar-refractivity contribution is 9.10. The van der Waals surface area contributed by atoms with E-state index < -0.39 is 17.8 Å². The molecule has 9 heteroatoms. The average molecular weight is 567 g/mol. The van der Waals surface area contributed by atoms with Gasteiger partial charge in [0.2, 0.25) is 0 Å². The van der Waals surface area contributed by atoms with Crippen LogP contribution in [0.5, 0.6) is 11.5 Å². The van der Waals surface area contributed by atoms with Crippen molar-refractivity contribution in [3.63, 3.8) is 0 Å². The SMILES string of the molecule is CCOc1cc(/C=C2/C(=O)NC(=O)N(c3ccc(CC)cc3)C2=O)cc(Br)c1OCc1ccc(F)cc1. The number of nitrogens with zero attached hydrogens (tertiary/aromatic N) is 1. The van der Waals surface area contributed by atoms with Crippen LogP contribution in [0.4, 0.5) is 14.9 Å². The molecule has 7 nitrogen and oxygen atoms in total. The van der Waals surface area contributed by atoms with Crippen LogP contribution in [0.1, 0.15) is 30.5 Å². The average Bonchev–Trinajstić information content (AvgIpc) is 2.87. The summed E-state index contributed by atoms with van der Waals surface area (Å²) in [6.07, 6.45) is 2.21. The molecule has 0 saturated carbocycles. The van der Waals surface area contributed by atoms with Crippen molar-refractivity contribution in [1.82, 2.24) is 5.32 Å². The van der Waals surface area contributed by atoms with Crippen molar-refractivity contribution < 1.29 is 28.2 Å². The first-order chi connectivity index (χ1) is 17.8. The predicted octanol–water partition coefficient (Wildman–Crippen LogP) is 5.79. The third kappa shape index (κ3) is 5.89. The molecule has 0 atom stereocenters. The number of ether oxygens (including phenoxy) is 2. The zero-order valence-corrected chi connectivity index (χ0v) is 21.8. The van der Waals surface area contributed by atoms with Crippen LogP contribution < -0.4 is 19.7 Å². The Morgan fingerprint density at radius 3 is 2.27 bits per heavy atom. The van der Waals surface area contributed by atoms with Gasteiger partial charge in [0.1, 0.15) is 18.0 Å². The van der Waals surface area contributed by atoms with Gasteiger partial charge in [-0.2, -0.15) is 0 Å². The molecule has 1 N–H and O–H groups in total. The van der Waals surface area contributed by atoms with E-state index in [1.807, 2.05) is 26.0 Å². The Hall–Kier alpha value is -3.98. The molecular formula is C28H24BrFN2O5. The van der Waals surface area contributed by atoms with Gasteiger partial charge >= 0.3 is 6.03 Å². The Kier molecular flexibility index (Phi) is 8.03. The number of carbonyl (C=O) groups is 3. The second-order valence-corrected chi connectivity index (χ2v) is 9.01. The quantitative estimate of drug-likeness (QED) is 0.275. The van der Waals surface area contributed by atoms with Crippen molar-refractivity contribution in [1.29, 1.82) is 0 Å². The first kappa shape index (κ1) is 26.1. The summed E-state index contributed by atoms with van der Waals surface area (Å²) >= 11 is 3.48. The van der Waals surface area contributed by atoms with Crippen molar-refractivity contribution in [2.24, 2.45) is 0 Å². The summed E-state index contributed by atoms with van der Waals surface area (Å²) < 4.78 is 25.4. The van der Waals surface area contributed by atoms with E-state index >= 15 is 0 Å². The van der Waals surface area contributed by atoms with E-state index in [4.69, 9.17) is 9.47 Å². The van der Waals surface area contributed by atoms with E-state index in [0.717, 1.165) is 22.4 Å². The van der Waals surface area contributed by atoms with Crippen molar-refractivity contribution in [3.8, 4) is 11.5 Å². The lowest BCUT2D eigenvalue weighted by atomic mass is 10.1. The number of carbonyl (C=O) groups excluding carboxylic acids is 3. The number of aryl methyl sites for hydroxylation is 1. The molecule has 0 radical (unpaired) electrons. The third-order valence-corrected chi connectivity index (χ3v) is 6.23. The highest BCUT2D eigenvalue weighted by Crippen LogP contribution is 2.38. The lowest BCUT2D eigenvalue weighted by Gasteiger charge is -2.26. The van der Waals surface area contributed by atoms with Gasteiger partial charge in [-0.3, -0.25) is 14.9 Å². The van der Waals surface area contributed by atoms with Gasteiger partial charge in [-0.1, -0.05) is 31.2 Å². The van der Waals surface area contributed by atoms with Gasteiger partial charge in [0.05, 0.1) is 16.8 Å². The number of urea groups is 1. The van der Waals surface area contributed by atoms with Gasteiger partial charge < -0.3 is 9.47 Å². The summed E-state index contributed by atoms with van der Waals surface area (Å²) in [6, 6.07) is 15.4. The number of halogens is 2. The number of barbiturate groups is 1. The second-order valence-electron chi connectivity index (χ2n) is 8.16. The van der Waals surface area contributed by atoms with Gasteiger partial charge in [-0.05, 0) is 88.4 Å². The minimum atomic E-state index is -0.808. The molecule has 1 heterocycles. The van der Waals surface area contributed by atoms with Gasteiger partial charge in [0.25, 0.3) is 11.8 Å². The molecule has 0 spiro atoms. The number of hydrogen-bond donors (Lipinski definition) is 1. The topological polar surface area (TPSA) is 84.9 Å². The molecule has 0 aromatic heterocycles. The van der Waals surface area contributed by atoms with Crippen molar-refractivity contribution in [3.05, 3.63) is 93.2 Å². The summed E-state index contributed by atoms with van der Waals surface area (Å²) in [5.74, 6) is -1.05. The highest BCUT2D eigenvalue weighted by atomic mass is 79.9. The van der Waals surface area contributed by atoms with Crippen LogP contribution in [0.2, 0.25) is 0 Å². The summed E-state index contributed by atoms with van der Waals surface area (Å²) in [6.45, 7) is 4.33. The standard InChI is InChI=1S/C28H24BrFN2O5/c1-3-17-7-11-21(12-8-17)32-27(34)22(26(33)31-28(32)35)13-19-14-23(29)25(24(15-19)36-4-2)37-16-18-5-9-20(30)10-6-18/h5-15H,3-4,16H2,1-2H3,(H,31,33,35)/b22-13-. The zero-order chi connectivity index (χ0) is 26.5. The zero-order valence-electron chi connectivity index (χ0n) is 20.2.